The van der Waals surface area contributed by atoms with Crippen LogP contribution in [0.1, 0.15) is 37.1 Å². The Labute approximate surface area is 97.0 Å². The predicted octanol–water partition coefficient (Wildman–Crippen LogP) is 2.38. The molecule has 0 unspecified atom stereocenters. The molecule has 0 saturated carbocycles. The number of hydrogen-bond donors (Lipinski definition) is 1. The van der Waals surface area contributed by atoms with E-state index in [1.54, 1.807) is 26.0 Å². The summed E-state index contributed by atoms with van der Waals surface area (Å²) >= 11 is 0. The van der Waals surface area contributed by atoms with Crippen molar-refractivity contribution in [1.29, 1.82) is 0 Å². The van der Waals surface area contributed by atoms with Crippen molar-refractivity contribution in [3.63, 3.8) is 0 Å². The van der Waals surface area contributed by atoms with E-state index in [1.165, 1.54) is 0 Å². The van der Waals surface area contributed by atoms with Crippen LogP contribution in [0.15, 0.2) is 16.5 Å². The normalized spacial score (nSPS) is 9.25. The number of furan rings is 1. The topological polar surface area (TPSA) is 51.5 Å². The van der Waals surface area contributed by atoms with Gasteiger partial charge in [-0.15, -0.1) is 0 Å². The lowest BCUT2D eigenvalue weighted by Crippen LogP contribution is -2.09. The van der Waals surface area contributed by atoms with Crippen LogP contribution in [-0.2, 0) is 4.74 Å². The van der Waals surface area contributed by atoms with Gasteiger partial charge in [-0.2, -0.15) is 0 Å². The molecule has 0 aliphatic rings. The third-order valence-corrected chi connectivity index (χ3v) is 1.72. The van der Waals surface area contributed by atoms with Crippen molar-refractivity contribution in [1.82, 2.24) is 5.32 Å². The number of carbonyl (C=O) groups is 1. The summed E-state index contributed by atoms with van der Waals surface area (Å²) in [5, 5.41) is 3.11. The molecule has 0 atom stereocenters. The van der Waals surface area contributed by atoms with Gasteiger partial charge in [-0.1, -0.05) is 13.8 Å². The largest absolute Gasteiger partial charge is 0.460 e. The van der Waals surface area contributed by atoms with Crippen LogP contribution < -0.4 is 5.32 Å². The maximum atomic E-state index is 10.9. The fraction of sp³-hybridized carbons (Fsp3) is 0.583. The molecule has 1 heterocycles. The molecule has 16 heavy (non-hydrogen) atoms. The van der Waals surface area contributed by atoms with E-state index in [-0.39, 0.29) is 5.76 Å². The summed E-state index contributed by atoms with van der Waals surface area (Å²) in [6, 6.07) is 3.33. The zero-order chi connectivity index (χ0) is 12.4. The third-order valence-electron chi connectivity index (χ3n) is 1.72. The van der Waals surface area contributed by atoms with Crippen molar-refractivity contribution in [2.24, 2.45) is 0 Å². The van der Waals surface area contributed by atoms with E-state index in [0.29, 0.717) is 12.4 Å². The molecule has 0 spiro atoms. The predicted molar refractivity (Wildman–Crippen MR) is 63.6 cm³/mol. The van der Waals surface area contributed by atoms with Crippen LogP contribution in [0.25, 0.3) is 0 Å². The molecule has 0 radical (unpaired) electrons. The van der Waals surface area contributed by atoms with E-state index in [9.17, 15) is 4.79 Å². The van der Waals surface area contributed by atoms with Gasteiger partial charge in [0.1, 0.15) is 5.76 Å². The van der Waals surface area contributed by atoms with Gasteiger partial charge in [-0.05, 0) is 39.1 Å². The molecule has 0 saturated heterocycles. The zero-order valence-corrected chi connectivity index (χ0v) is 10.5. The standard InChI is InChI=1S/C8H10O3.C4H11N/c1-3-10-8(9)7-5-4-6(2)11-7;1-3-5-4-2/h4-5H,3H2,1-2H3;5H,3-4H2,1-2H3. The van der Waals surface area contributed by atoms with Gasteiger partial charge < -0.3 is 14.5 Å². The number of nitrogens with one attached hydrogen (secondary N) is 1. The van der Waals surface area contributed by atoms with Gasteiger partial charge in [0.15, 0.2) is 0 Å². The molecule has 0 bridgehead atoms. The van der Waals surface area contributed by atoms with Gasteiger partial charge >= 0.3 is 5.97 Å². The van der Waals surface area contributed by atoms with Crippen LogP contribution in [0, 0.1) is 6.92 Å². The molecule has 1 aromatic rings. The zero-order valence-electron chi connectivity index (χ0n) is 10.5. The van der Waals surface area contributed by atoms with Crippen molar-refractivity contribution in [2.75, 3.05) is 19.7 Å². The highest BCUT2D eigenvalue weighted by atomic mass is 16.5. The quantitative estimate of drug-likeness (QED) is 0.802. The van der Waals surface area contributed by atoms with Crippen LogP contribution >= 0.6 is 0 Å². The highest BCUT2D eigenvalue weighted by molar-refractivity contribution is 5.86. The number of ether oxygens (including phenoxy) is 1. The van der Waals surface area contributed by atoms with E-state index >= 15 is 0 Å². The second-order valence-electron chi connectivity index (χ2n) is 3.09. The van der Waals surface area contributed by atoms with Crippen LogP contribution in [0.5, 0.6) is 0 Å². The highest BCUT2D eigenvalue weighted by Crippen LogP contribution is 2.07. The Morgan fingerprint density at radius 1 is 1.31 bits per heavy atom. The SMILES string of the molecule is CCNCC.CCOC(=O)c1ccc(C)o1. The Hall–Kier alpha value is -1.29. The van der Waals surface area contributed by atoms with Gasteiger partial charge in [0.2, 0.25) is 5.76 Å². The Kier molecular flexibility index (Phi) is 8.25. The van der Waals surface area contributed by atoms with Crippen molar-refractivity contribution in [2.45, 2.75) is 27.7 Å². The van der Waals surface area contributed by atoms with Crippen molar-refractivity contribution in [3.8, 4) is 0 Å². The van der Waals surface area contributed by atoms with Crippen LogP contribution in [-0.4, -0.2) is 25.7 Å². The van der Waals surface area contributed by atoms with Crippen LogP contribution in [0.2, 0.25) is 0 Å². The van der Waals surface area contributed by atoms with Gasteiger partial charge in [0, 0.05) is 0 Å². The van der Waals surface area contributed by atoms with E-state index in [1.807, 2.05) is 0 Å². The average molecular weight is 227 g/mol. The lowest BCUT2D eigenvalue weighted by atomic mass is 10.4. The molecule has 0 fully saturated rings. The first-order valence-electron chi connectivity index (χ1n) is 5.59. The first kappa shape index (κ1) is 14.7. The molecule has 92 valence electrons. The highest BCUT2D eigenvalue weighted by Gasteiger charge is 2.09. The Bertz CT molecular complexity index is 292. The average Bonchev–Trinajstić information content (AvgIpc) is 2.67. The van der Waals surface area contributed by atoms with Crippen molar-refractivity contribution >= 4 is 5.97 Å². The second-order valence-corrected chi connectivity index (χ2v) is 3.09. The molecule has 1 N–H and O–H groups in total. The van der Waals surface area contributed by atoms with Crippen molar-refractivity contribution in [3.05, 3.63) is 23.7 Å². The maximum absolute atomic E-state index is 10.9. The molecule has 1 rings (SSSR count). The summed E-state index contributed by atoms with van der Waals surface area (Å²) in [4.78, 5) is 10.9. The number of esters is 1. The van der Waals surface area contributed by atoms with Gasteiger partial charge in [-0.3, -0.25) is 0 Å². The molecule has 4 nitrogen and oxygen atoms in total. The number of aryl methyl sites for hydroxylation is 1. The third kappa shape index (κ3) is 6.24. The number of hydrogen-bond acceptors (Lipinski definition) is 4. The van der Waals surface area contributed by atoms with E-state index in [2.05, 4.69) is 19.2 Å². The summed E-state index contributed by atoms with van der Waals surface area (Å²) in [5.41, 5.74) is 0. The second kappa shape index (κ2) is 8.97. The molecule has 0 aliphatic carbocycles. The molecule has 4 heteroatoms. The smallest absolute Gasteiger partial charge is 0.374 e. The number of rotatable bonds is 4. The molecule has 1 aromatic heterocycles. The first-order valence-corrected chi connectivity index (χ1v) is 5.59. The van der Waals surface area contributed by atoms with E-state index in [0.717, 1.165) is 13.1 Å². The van der Waals surface area contributed by atoms with Crippen molar-refractivity contribution < 1.29 is 13.9 Å². The fourth-order valence-electron chi connectivity index (χ4n) is 0.996. The molecule has 0 aliphatic heterocycles. The minimum atomic E-state index is -0.402. The Morgan fingerprint density at radius 2 is 1.94 bits per heavy atom. The molecular formula is C12H21NO3. The molecule has 0 amide bonds. The summed E-state index contributed by atoms with van der Waals surface area (Å²) in [6.07, 6.45) is 0. The van der Waals surface area contributed by atoms with E-state index < -0.39 is 5.97 Å². The van der Waals surface area contributed by atoms with E-state index in [4.69, 9.17) is 9.15 Å². The number of carbonyl (C=O) groups excluding carboxylic acids is 1. The Morgan fingerprint density at radius 3 is 2.25 bits per heavy atom. The lowest BCUT2D eigenvalue weighted by molar-refractivity contribution is 0.0488. The summed E-state index contributed by atoms with van der Waals surface area (Å²) < 4.78 is 9.73. The minimum Gasteiger partial charge on any atom is -0.460 e. The Balaban J connectivity index is 0.000000385. The first-order chi connectivity index (χ1) is 7.65. The summed E-state index contributed by atoms with van der Waals surface area (Å²) in [7, 11) is 0. The molecular weight excluding hydrogens is 206 g/mol. The fourth-order valence-corrected chi connectivity index (χ4v) is 0.996. The van der Waals surface area contributed by atoms with Gasteiger partial charge in [0.25, 0.3) is 0 Å². The van der Waals surface area contributed by atoms with Crippen LogP contribution in [0.4, 0.5) is 0 Å². The van der Waals surface area contributed by atoms with Gasteiger partial charge in [-0.25, -0.2) is 4.79 Å². The lowest BCUT2D eigenvalue weighted by Gasteiger charge is -1.95. The van der Waals surface area contributed by atoms with Gasteiger partial charge in [0.05, 0.1) is 6.61 Å². The minimum absolute atomic E-state index is 0.268. The maximum Gasteiger partial charge on any atom is 0.374 e. The molecule has 0 aromatic carbocycles. The van der Waals surface area contributed by atoms with Crippen LogP contribution in [0.3, 0.4) is 0 Å². The summed E-state index contributed by atoms with van der Waals surface area (Å²) in [6.45, 7) is 10.3. The summed E-state index contributed by atoms with van der Waals surface area (Å²) in [5.74, 6) is 0.581. The monoisotopic (exact) mass is 227 g/mol.